The molecule has 0 bridgehead atoms. The maximum absolute atomic E-state index is 12.1. The Balaban J connectivity index is 2.68. The predicted octanol–water partition coefficient (Wildman–Crippen LogP) is 5.10. The molecular formula is C12H14BrClF3N. The summed E-state index contributed by atoms with van der Waals surface area (Å²) >= 11 is 9.28. The SMILES string of the molecule is CNC(CCCC(F)(F)F)c1cc(Cl)ccc1Br. The minimum absolute atomic E-state index is 0.0912. The molecule has 0 aliphatic rings. The van der Waals surface area contributed by atoms with Crippen LogP contribution in [0.5, 0.6) is 0 Å². The molecule has 0 spiro atoms. The van der Waals surface area contributed by atoms with Crippen molar-refractivity contribution >= 4 is 27.5 Å². The summed E-state index contributed by atoms with van der Waals surface area (Å²) in [6.07, 6.45) is -4.35. The highest BCUT2D eigenvalue weighted by molar-refractivity contribution is 9.10. The fraction of sp³-hybridized carbons (Fsp3) is 0.500. The summed E-state index contributed by atoms with van der Waals surface area (Å²) in [7, 11) is 1.73. The Labute approximate surface area is 118 Å². The summed E-state index contributed by atoms with van der Waals surface area (Å²) in [4.78, 5) is 0. The van der Waals surface area contributed by atoms with Crippen LogP contribution in [-0.4, -0.2) is 13.2 Å². The number of benzene rings is 1. The van der Waals surface area contributed by atoms with E-state index >= 15 is 0 Å². The number of hydrogen-bond donors (Lipinski definition) is 1. The summed E-state index contributed by atoms with van der Waals surface area (Å²) in [6.45, 7) is 0. The monoisotopic (exact) mass is 343 g/mol. The van der Waals surface area contributed by atoms with Gasteiger partial charge in [0.25, 0.3) is 0 Å². The number of halogens is 5. The average molecular weight is 345 g/mol. The van der Waals surface area contributed by atoms with Crippen LogP contribution in [0.2, 0.25) is 5.02 Å². The van der Waals surface area contributed by atoms with Gasteiger partial charge in [-0.2, -0.15) is 13.2 Å². The molecule has 0 heterocycles. The van der Waals surface area contributed by atoms with Gasteiger partial charge in [-0.1, -0.05) is 27.5 Å². The van der Waals surface area contributed by atoms with Gasteiger partial charge >= 0.3 is 6.18 Å². The van der Waals surface area contributed by atoms with Gasteiger partial charge in [0, 0.05) is 22.0 Å². The lowest BCUT2D eigenvalue weighted by molar-refractivity contribution is -0.135. The molecule has 6 heteroatoms. The first-order valence-corrected chi connectivity index (χ1v) is 6.69. The van der Waals surface area contributed by atoms with Crippen molar-refractivity contribution in [3.63, 3.8) is 0 Å². The zero-order chi connectivity index (χ0) is 13.8. The standard InChI is InChI=1S/C12H14BrClF3N/c1-18-11(3-2-6-12(15,16)17)9-7-8(14)4-5-10(9)13/h4-5,7,11,18H,2-3,6H2,1H3. The van der Waals surface area contributed by atoms with E-state index in [2.05, 4.69) is 21.2 Å². The molecule has 0 saturated heterocycles. The third-order valence-electron chi connectivity index (χ3n) is 2.63. The smallest absolute Gasteiger partial charge is 0.313 e. The van der Waals surface area contributed by atoms with Gasteiger partial charge in [-0.3, -0.25) is 0 Å². The number of rotatable bonds is 5. The molecule has 0 saturated carbocycles. The van der Waals surface area contributed by atoms with E-state index in [4.69, 9.17) is 11.6 Å². The lowest BCUT2D eigenvalue weighted by Gasteiger charge is -2.19. The Hall–Kier alpha value is -0.260. The summed E-state index contributed by atoms with van der Waals surface area (Å²) in [5, 5.41) is 3.59. The van der Waals surface area contributed by atoms with Crippen LogP contribution < -0.4 is 5.32 Å². The molecular weight excluding hydrogens is 330 g/mol. The predicted molar refractivity (Wildman–Crippen MR) is 70.9 cm³/mol. The molecule has 1 nitrogen and oxygen atoms in total. The first-order valence-electron chi connectivity index (χ1n) is 5.52. The minimum atomic E-state index is -4.09. The van der Waals surface area contributed by atoms with Crippen LogP contribution in [0.3, 0.4) is 0 Å². The van der Waals surface area contributed by atoms with Crippen LogP contribution in [0.4, 0.5) is 13.2 Å². The molecule has 1 N–H and O–H groups in total. The van der Waals surface area contributed by atoms with Gasteiger partial charge in [-0.25, -0.2) is 0 Å². The Morgan fingerprint density at radius 1 is 1.39 bits per heavy atom. The van der Waals surface area contributed by atoms with Crippen LogP contribution in [0.25, 0.3) is 0 Å². The van der Waals surface area contributed by atoms with Crippen LogP contribution in [0.15, 0.2) is 22.7 Å². The van der Waals surface area contributed by atoms with Crippen LogP contribution in [0, 0.1) is 0 Å². The Kier molecular flexibility index (Phi) is 5.95. The molecule has 1 aromatic rings. The number of nitrogens with one attached hydrogen (secondary N) is 1. The van der Waals surface area contributed by atoms with Gasteiger partial charge in [0.05, 0.1) is 0 Å². The molecule has 1 aromatic carbocycles. The third-order valence-corrected chi connectivity index (χ3v) is 3.59. The molecule has 18 heavy (non-hydrogen) atoms. The van der Waals surface area contributed by atoms with Crippen molar-refractivity contribution in [3.8, 4) is 0 Å². The largest absolute Gasteiger partial charge is 0.389 e. The topological polar surface area (TPSA) is 12.0 Å². The molecule has 0 aliphatic heterocycles. The molecule has 1 atom stereocenters. The molecule has 0 amide bonds. The van der Waals surface area contributed by atoms with E-state index in [-0.39, 0.29) is 12.5 Å². The first-order chi connectivity index (χ1) is 8.33. The zero-order valence-corrected chi connectivity index (χ0v) is 12.2. The third kappa shape index (κ3) is 5.16. The van der Waals surface area contributed by atoms with E-state index in [0.29, 0.717) is 11.4 Å². The van der Waals surface area contributed by atoms with E-state index in [1.165, 1.54) is 0 Å². The summed E-state index contributed by atoms with van der Waals surface area (Å²) < 4.78 is 37.2. The van der Waals surface area contributed by atoms with Gasteiger partial charge in [0.1, 0.15) is 0 Å². The Morgan fingerprint density at radius 2 is 2.06 bits per heavy atom. The molecule has 0 aliphatic carbocycles. The van der Waals surface area contributed by atoms with E-state index in [0.717, 1.165) is 10.0 Å². The second-order valence-corrected chi connectivity index (χ2v) is 5.31. The summed E-state index contributed by atoms with van der Waals surface area (Å²) in [5.41, 5.74) is 0.882. The minimum Gasteiger partial charge on any atom is -0.313 e. The molecule has 0 aromatic heterocycles. The highest BCUT2D eigenvalue weighted by atomic mass is 79.9. The van der Waals surface area contributed by atoms with Crippen LogP contribution in [-0.2, 0) is 0 Å². The Bertz CT molecular complexity index is 395. The lowest BCUT2D eigenvalue weighted by atomic mass is 10.0. The average Bonchev–Trinajstić information content (AvgIpc) is 2.27. The molecule has 0 fully saturated rings. The van der Waals surface area contributed by atoms with Crippen molar-refractivity contribution in [2.75, 3.05) is 7.05 Å². The molecule has 102 valence electrons. The second-order valence-electron chi connectivity index (χ2n) is 4.01. The second kappa shape index (κ2) is 6.78. The van der Waals surface area contributed by atoms with Crippen molar-refractivity contribution in [1.82, 2.24) is 5.32 Å². The lowest BCUT2D eigenvalue weighted by Crippen LogP contribution is -2.18. The summed E-state index contributed by atoms with van der Waals surface area (Å²) in [6, 6.07) is 5.16. The van der Waals surface area contributed by atoms with Crippen LogP contribution in [0.1, 0.15) is 30.9 Å². The van der Waals surface area contributed by atoms with Gasteiger partial charge < -0.3 is 5.32 Å². The fourth-order valence-corrected chi connectivity index (χ4v) is 2.45. The quantitative estimate of drug-likeness (QED) is 0.784. The first kappa shape index (κ1) is 15.8. The van der Waals surface area contributed by atoms with E-state index in [1.807, 2.05) is 0 Å². The fourth-order valence-electron chi connectivity index (χ4n) is 1.74. The molecule has 1 rings (SSSR count). The van der Waals surface area contributed by atoms with Gasteiger partial charge in [0.2, 0.25) is 0 Å². The maximum Gasteiger partial charge on any atom is 0.389 e. The highest BCUT2D eigenvalue weighted by Crippen LogP contribution is 2.31. The van der Waals surface area contributed by atoms with Crippen molar-refractivity contribution in [3.05, 3.63) is 33.3 Å². The molecule has 1 unspecified atom stereocenters. The van der Waals surface area contributed by atoms with E-state index in [1.54, 1.807) is 25.2 Å². The number of hydrogen-bond acceptors (Lipinski definition) is 1. The van der Waals surface area contributed by atoms with Gasteiger partial charge in [0.15, 0.2) is 0 Å². The zero-order valence-electron chi connectivity index (χ0n) is 9.82. The van der Waals surface area contributed by atoms with Crippen molar-refractivity contribution < 1.29 is 13.2 Å². The van der Waals surface area contributed by atoms with Crippen molar-refractivity contribution in [1.29, 1.82) is 0 Å². The van der Waals surface area contributed by atoms with E-state index in [9.17, 15) is 13.2 Å². The van der Waals surface area contributed by atoms with Crippen molar-refractivity contribution in [2.45, 2.75) is 31.5 Å². The molecule has 0 radical (unpaired) electrons. The highest BCUT2D eigenvalue weighted by Gasteiger charge is 2.27. The Morgan fingerprint density at radius 3 is 2.61 bits per heavy atom. The van der Waals surface area contributed by atoms with Crippen molar-refractivity contribution in [2.24, 2.45) is 0 Å². The maximum atomic E-state index is 12.1. The van der Waals surface area contributed by atoms with E-state index < -0.39 is 12.6 Å². The normalized spacial score (nSPS) is 13.7. The van der Waals surface area contributed by atoms with Gasteiger partial charge in [-0.15, -0.1) is 0 Å². The van der Waals surface area contributed by atoms with Crippen LogP contribution >= 0.6 is 27.5 Å². The van der Waals surface area contributed by atoms with Gasteiger partial charge in [-0.05, 0) is 43.7 Å². The number of alkyl halides is 3. The summed E-state index contributed by atoms with van der Waals surface area (Å²) in [5.74, 6) is 0.